The number of rotatable bonds is 6. The Morgan fingerprint density at radius 2 is 2.21 bits per heavy atom. The Morgan fingerprint density at radius 3 is 2.74 bits per heavy atom. The number of aromatic nitrogens is 1. The highest BCUT2D eigenvalue weighted by Crippen LogP contribution is 2.22. The van der Waals surface area contributed by atoms with E-state index in [-0.39, 0.29) is 17.2 Å². The Morgan fingerprint density at radius 1 is 1.53 bits per heavy atom. The van der Waals surface area contributed by atoms with Crippen molar-refractivity contribution in [2.24, 2.45) is 0 Å². The minimum atomic E-state index is -0.634. The van der Waals surface area contributed by atoms with Gasteiger partial charge in [0.2, 0.25) is 5.82 Å². The molecule has 0 spiro atoms. The lowest BCUT2D eigenvalue weighted by molar-refractivity contribution is -0.384. The van der Waals surface area contributed by atoms with Crippen LogP contribution < -0.4 is 5.32 Å². The lowest BCUT2D eigenvalue weighted by Gasteiger charge is -2.11. The van der Waals surface area contributed by atoms with Crippen LogP contribution in [0.1, 0.15) is 10.5 Å². The van der Waals surface area contributed by atoms with Gasteiger partial charge in [0.1, 0.15) is 0 Å². The van der Waals surface area contributed by atoms with Gasteiger partial charge in [-0.25, -0.2) is 9.78 Å². The molecule has 1 heterocycles. The maximum Gasteiger partial charge on any atom is 0.356 e. The molecule has 0 fully saturated rings. The standard InChI is InChI=1S/C11H16N4O4/c1-14(2)7-6-12-10-9(15(17)18)5-4-8(13-10)11(16)19-3/h4-5H,6-7H2,1-3H3,(H,12,13). The summed E-state index contributed by atoms with van der Waals surface area (Å²) in [6, 6.07) is 2.50. The van der Waals surface area contributed by atoms with E-state index in [1.807, 2.05) is 19.0 Å². The maximum absolute atomic E-state index is 11.3. The van der Waals surface area contributed by atoms with Gasteiger partial charge in [-0.15, -0.1) is 0 Å². The minimum absolute atomic E-state index is 0.0282. The number of esters is 1. The quantitative estimate of drug-likeness (QED) is 0.462. The van der Waals surface area contributed by atoms with Crippen molar-refractivity contribution in [2.75, 3.05) is 39.6 Å². The number of carbonyl (C=O) groups excluding carboxylic acids is 1. The molecule has 1 aromatic rings. The summed E-state index contributed by atoms with van der Waals surface area (Å²) >= 11 is 0. The minimum Gasteiger partial charge on any atom is -0.464 e. The molecule has 0 aliphatic heterocycles. The van der Waals surface area contributed by atoms with Crippen molar-refractivity contribution in [2.45, 2.75) is 0 Å². The van der Waals surface area contributed by atoms with E-state index >= 15 is 0 Å². The summed E-state index contributed by atoms with van der Waals surface area (Å²) in [6.45, 7) is 1.16. The predicted molar refractivity (Wildman–Crippen MR) is 69.3 cm³/mol. The number of nitro groups is 1. The van der Waals surface area contributed by atoms with E-state index in [9.17, 15) is 14.9 Å². The van der Waals surface area contributed by atoms with Crippen LogP contribution in [-0.4, -0.2) is 55.1 Å². The summed E-state index contributed by atoms with van der Waals surface area (Å²) in [5.74, 6) is -0.569. The van der Waals surface area contributed by atoms with Crippen LogP contribution in [0, 0.1) is 10.1 Å². The number of nitrogens with zero attached hydrogens (tertiary/aromatic N) is 3. The zero-order chi connectivity index (χ0) is 14.4. The van der Waals surface area contributed by atoms with E-state index in [0.717, 1.165) is 0 Å². The topological polar surface area (TPSA) is 97.6 Å². The third-order valence-electron chi connectivity index (χ3n) is 2.32. The largest absolute Gasteiger partial charge is 0.464 e. The van der Waals surface area contributed by atoms with Gasteiger partial charge < -0.3 is 15.0 Å². The normalized spacial score (nSPS) is 10.3. The summed E-state index contributed by atoms with van der Waals surface area (Å²) in [5, 5.41) is 13.7. The summed E-state index contributed by atoms with van der Waals surface area (Å²) in [4.78, 5) is 27.5. The highest BCUT2D eigenvalue weighted by molar-refractivity contribution is 5.88. The van der Waals surface area contributed by atoms with Crippen LogP contribution in [0.15, 0.2) is 12.1 Å². The van der Waals surface area contributed by atoms with Crippen LogP contribution in [0.2, 0.25) is 0 Å². The van der Waals surface area contributed by atoms with Gasteiger partial charge in [0, 0.05) is 19.2 Å². The molecule has 0 saturated carbocycles. The summed E-state index contributed by atoms with van der Waals surface area (Å²) in [7, 11) is 4.99. The van der Waals surface area contributed by atoms with Gasteiger partial charge in [0.25, 0.3) is 0 Å². The molecule has 0 aromatic carbocycles. The van der Waals surface area contributed by atoms with E-state index in [1.165, 1.54) is 19.2 Å². The molecule has 0 saturated heterocycles. The number of hydrogen-bond acceptors (Lipinski definition) is 7. The molecule has 0 aliphatic rings. The average Bonchev–Trinajstić information content (AvgIpc) is 2.37. The van der Waals surface area contributed by atoms with Crippen molar-refractivity contribution in [3.05, 3.63) is 27.9 Å². The molecule has 19 heavy (non-hydrogen) atoms. The third-order valence-corrected chi connectivity index (χ3v) is 2.32. The second-order valence-corrected chi connectivity index (χ2v) is 4.04. The first-order valence-corrected chi connectivity index (χ1v) is 5.58. The molecule has 8 nitrogen and oxygen atoms in total. The van der Waals surface area contributed by atoms with Crippen molar-refractivity contribution < 1.29 is 14.5 Å². The number of ether oxygens (including phenoxy) is 1. The molecule has 0 amide bonds. The Hall–Kier alpha value is -2.22. The van der Waals surface area contributed by atoms with Crippen molar-refractivity contribution in [3.63, 3.8) is 0 Å². The second kappa shape index (κ2) is 6.64. The van der Waals surface area contributed by atoms with E-state index < -0.39 is 10.9 Å². The fraction of sp³-hybridized carbons (Fsp3) is 0.455. The molecule has 1 aromatic heterocycles. The number of methoxy groups -OCH3 is 1. The molecular weight excluding hydrogens is 252 g/mol. The monoisotopic (exact) mass is 268 g/mol. The van der Waals surface area contributed by atoms with Gasteiger partial charge in [0.15, 0.2) is 5.69 Å². The molecule has 1 rings (SSSR count). The molecule has 0 unspecified atom stereocenters. The van der Waals surface area contributed by atoms with Crippen molar-refractivity contribution in [3.8, 4) is 0 Å². The zero-order valence-corrected chi connectivity index (χ0v) is 11.0. The van der Waals surface area contributed by atoms with E-state index in [2.05, 4.69) is 15.0 Å². The Labute approximate surface area is 110 Å². The smallest absolute Gasteiger partial charge is 0.356 e. The van der Waals surface area contributed by atoms with Crippen LogP contribution in [0.4, 0.5) is 11.5 Å². The summed E-state index contributed by atoms with van der Waals surface area (Å²) < 4.78 is 4.53. The lowest BCUT2D eigenvalue weighted by atomic mass is 10.3. The lowest BCUT2D eigenvalue weighted by Crippen LogP contribution is -2.21. The molecule has 8 heteroatoms. The fourth-order valence-electron chi connectivity index (χ4n) is 1.35. The van der Waals surface area contributed by atoms with Crippen molar-refractivity contribution >= 4 is 17.5 Å². The predicted octanol–water partition coefficient (Wildman–Crippen LogP) is 0.750. The molecule has 0 atom stereocenters. The zero-order valence-electron chi connectivity index (χ0n) is 11.0. The number of pyridine rings is 1. The SMILES string of the molecule is COC(=O)c1ccc([N+](=O)[O-])c(NCCN(C)C)n1. The van der Waals surface area contributed by atoms with Gasteiger partial charge in [-0.3, -0.25) is 10.1 Å². The van der Waals surface area contributed by atoms with Crippen molar-refractivity contribution in [1.82, 2.24) is 9.88 Å². The van der Waals surface area contributed by atoms with Gasteiger partial charge >= 0.3 is 11.7 Å². The van der Waals surface area contributed by atoms with Gasteiger partial charge in [0.05, 0.1) is 12.0 Å². The van der Waals surface area contributed by atoms with Crippen LogP contribution in [-0.2, 0) is 4.74 Å². The average molecular weight is 268 g/mol. The molecule has 0 radical (unpaired) electrons. The number of likely N-dealkylation sites (N-methyl/N-ethyl adjacent to an activating group) is 1. The fourth-order valence-corrected chi connectivity index (χ4v) is 1.35. The molecule has 0 aliphatic carbocycles. The second-order valence-electron chi connectivity index (χ2n) is 4.04. The van der Waals surface area contributed by atoms with Crippen LogP contribution in [0.25, 0.3) is 0 Å². The number of hydrogen-bond donors (Lipinski definition) is 1. The number of carbonyl (C=O) groups is 1. The third kappa shape index (κ3) is 4.18. The van der Waals surface area contributed by atoms with E-state index in [4.69, 9.17) is 0 Å². The van der Waals surface area contributed by atoms with E-state index in [1.54, 1.807) is 0 Å². The maximum atomic E-state index is 11.3. The Bertz CT molecular complexity index is 476. The summed E-state index contributed by atoms with van der Waals surface area (Å²) in [6.07, 6.45) is 0. The van der Waals surface area contributed by atoms with E-state index in [0.29, 0.717) is 13.1 Å². The van der Waals surface area contributed by atoms with Crippen LogP contribution >= 0.6 is 0 Å². The van der Waals surface area contributed by atoms with Gasteiger partial charge in [-0.05, 0) is 20.2 Å². The number of anilines is 1. The molecular formula is C11H16N4O4. The first-order valence-electron chi connectivity index (χ1n) is 5.58. The summed E-state index contributed by atoms with van der Waals surface area (Å²) in [5.41, 5.74) is -0.146. The van der Waals surface area contributed by atoms with Gasteiger partial charge in [-0.1, -0.05) is 0 Å². The molecule has 1 N–H and O–H groups in total. The Kier molecular flexibility index (Phi) is 5.19. The van der Waals surface area contributed by atoms with Crippen LogP contribution in [0.5, 0.6) is 0 Å². The van der Waals surface area contributed by atoms with Crippen LogP contribution in [0.3, 0.4) is 0 Å². The Balaban J connectivity index is 2.95. The molecule has 0 bridgehead atoms. The highest BCUT2D eigenvalue weighted by Gasteiger charge is 2.18. The number of nitrogens with one attached hydrogen (secondary N) is 1. The van der Waals surface area contributed by atoms with Crippen molar-refractivity contribution in [1.29, 1.82) is 0 Å². The molecule has 104 valence electrons. The first kappa shape index (κ1) is 14.8. The first-order chi connectivity index (χ1) is 8.95. The van der Waals surface area contributed by atoms with Gasteiger partial charge in [-0.2, -0.15) is 0 Å². The highest BCUT2D eigenvalue weighted by atomic mass is 16.6.